The number of likely N-dealkylation sites (N-methyl/N-ethyl adjacent to an activating group) is 2. The van der Waals surface area contributed by atoms with Gasteiger partial charge in [-0.25, -0.2) is 9.97 Å². The molecule has 30 heavy (non-hydrogen) atoms. The third-order valence-corrected chi connectivity index (χ3v) is 5.85. The van der Waals surface area contributed by atoms with Crippen LogP contribution in [0.25, 0.3) is 0 Å². The number of nitrogens with zero attached hydrogens (tertiary/aromatic N) is 6. The molecule has 0 atom stereocenters. The Labute approximate surface area is 178 Å². The van der Waals surface area contributed by atoms with Gasteiger partial charge in [0.2, 0.25) is 0 Å². The van der Waals surface area contributed by atoms with Crippen molar-refractivity contribution in [2.24, 2.45) is 0 Å². The van der Waals surface area contributed by atoms with Crippen LogP contribution in [0.2, 0.25) is 0 Å². The molecule has 1 N–H and O–H groups in total. The summed E-state index contributed by atoms with van der Waals surface area (Å²) in [4.78, 5) is 30.7. The SMILES string of the molecule is Cc1nc(Nc2ccc(C(=O)N3CCN(C)CC3)cc2)cc(N2CCN(C)CC2)n1. The molecule has 8 nitrogen and oxygen atoms in total. The Morgan fingerprint density at radius 3 is 2.10 bits per heavy atom. The largest absolute Gasteiger partial charge is 0.354 e. The number of benzene rings is 1. The Morgan fingerprint density at radius 2 is 1.47 bits per heavy atom. The first-order valence-corrected chi connectivity index (χ1v) is 10.6. The van der Waals surface area contributed by atoms with Crippen molar-refractivity contribution < 1.29 is 4.79 Å². The standard InChI is InChI=1S/C22H31N7O/c1-17-23-20(16-21(24-17)28-12-8-26(2)9-13-28)25-19-6-4-18(5-7-19)22(30)29-14-10-27(3)11-15-29/h4-7,16H,8-15H2,1-3H3,(H,23,24,25). The fraction of sp³-hybridized carbons (Fsp3) is 0.500. The van der Waals surface area contributed by atoms with Crippen LogP contribution in [0.5, 0.6) is 0 Å². The van der Waals surface area contributed by atoms with E-state index in [1.165, 1.54) is 0 Å². The lowest BCUT2D eigenvalue weighted by atomic mass is 10.1. The van der Waals surface area contributed by atoms with Crippen LogP contribution in [0.1, 0.15) is 16.2 Å². The molecular formula is C22H31N7O. The summed E-state index contributed by atoms with van der Waals surface area (Å²) in [6.07, 6.45) is 0. The number of nitrogens with one attached hydrogen (secondary N) is 1. The Hall–Kier alpha value is -2.71. The highest BCUT2D eigenvalue weighted by Gasteiger charge is 2.20. The Kier molecular flexibility index (Phi) is 6.15. The second kappa shape index (κ2) is 8.97. The van der Waals surface area contributed by atoms with Gasteiger partial charge in [-0.15, -0.1) is 0 Å². The van der Waals surface area contributed by atoms with E-state index >= 15 is 0 Å². The summed E-state index contributed by atoms with van der Waals surface area (Å²) in [5.74, 6) is 2.58. The third-order valence-electron chi connectivity index (χ3n) is 5.85. The molecule has 1 aromatic carbocycles. The van der Waals surface area contributed by atoms with E-state index in [1.807, 2.05) is 42.2 Å². The minimum Gasteiger partial charge on any atom is -0.354 e. The van der Waals surface area contributed by atoms with Gasteiger partial charge in [0.1, 0.15) is 17.5 Å². The monoisotopic (exact) mass is 409 g/mol. The minimum atomic E-state index is 0.102. The molecule has 160 valence electrons. The van der Waals surface area contributed by atoms with E-state index in [2.05, 4.69) is 44.1 Å². The highest BCUT2D eigenvalue weighted by molar-refractivity contribution is 5.94. The molecule has 0 saturated carbocycles. The summed E-state index contributed by atoms with van der Waals surface area (Å²) < 4.78 is 0. The van der Waals surface area contributed by atoms with Crippen LogP contribution < -0.4 is 10.2 Å². The van der Waals surface area contributed by atoms with Gasteiger partial charge in [-0.3, -0.25) is 4.79 Å². The van der Waals surface area contributed by atoms with Crippen molar-refractivity contribution >= 4 is 23.2 Å². The van der Waals surface area contributed by atoms with Gasteiger partial charge in [0.05, 0.1) is 0 Å². The number of hydrogen-bond acceptors (Lipinski definition) is 7. The van der Waals surface area contributed by atoms with Crippen molar-refractivity contribution in [2.75, 3.05) is 76.7 Å². The summed E-state index contributed by atoms with van der Waals surface area (Å²) in [5.41, 5.74) is 1.63. The number of rotatable bonds is 4. The molecule has 0 spiro atoms. The number of piperazine rings is 2. The number of carbonyl (C=O) groups excluding carboxylic acids is 1. The van der Waals surface area contributed by atoms with E-state index in [9.17, 15) is 4.79 Å². The highest BCUT2D eigenvalue weighted by atomic mass is 16.2. The average Bonchev–Trinajstić information content (AvgIpc) is 2.74. The molecule has 1 aromatic heterocycles. The van der Waals surface area contributed by atoms with Gasteiger partial charge in [-0.2, -0.15) is 0 Å². The van der Waals surface area contributed by atoms with Crippen LogP contribution in [0.3, 0.4) is 0 Å². The summed E-state index contributed by atoms with van der Waals surface area (Å²) in [5, 5.41) is 3.36. The lowest BCUT2D eigenvalue weighted by Gasteiger charge is -2.33. The van der Waals surface area contributed by atoms with Crippen LogP contribution in [0.4, 0.5) is 17.3 Å². The Morgan fingerprint density at radius 1 is 0.867 bits per heavy atom. The topological polar surface area (TPSA) is 67.8 Å². The number of aromatic nitrogens is 2. The maximum atomic E-state index is 12.7. The zero-order valence-electron chi connectivity index (χ0n) is 18.1. The molecule has 0 bridgehead atoms. The van der Waals surface area contributed by atoms with Gasteiger partial charge in [0.15, 0.2) is 0 Å². The first-order valence-electron chi connectivity index (χ1n) is 10.6. The lowest BCUT2D eigenvalue weighted by Crippen LogP contribution is -2.47. The quantitative estimate of drug-likeness (QED) is 0.824. The van der Waals surface area contributed by atoms with E-state index in [0.717, 1.165) is 81.1 Å². The number of amides is 1. The highest BCUT2D eigenvalue weighted by Crippen LogP contribution is 2.21. The van der Waals surface area contributed by atoms with Crippen molar-refractivity contribution in [1.29, 1.82) is 0 Å². The molecule has 2 aliphatic rings. The van der Waals surface area contributed by atoms with Crippen LogP contribution in [0, 0.1) is 6.92 Å². The molecule has 0 unspecified atom stereocenters. The van der Waals surface area contributed by atoms with Gasteiger partial charge in [-0.05, 0) is 45.3 Å². The molecule has 0 radical (unpaired) electrons. The molecular weight excluding hydrogens is 378 g/mol. The molecule has 0 aliphatic carbocycles. The fourth-order valence-electron chi connectivity index (χ4n) is 3.85. The zero-order chi connectivity index (χ0) is 21.1. The molecule has 2 saturated heterocycles. The maximum absolute atomic E-state index is 12.7. The minimum absolute atomic E-state index is 0.102. The van der Waals surface area contributed by atoms with Crippen LogP contribution in [-0.4, -0.2) is 97.0 Å². The number of hydrogen-bond donors (Lipinski definition) is 1. The Bertz CT molecular complexity index is 870. The van der Waals surface area contributed by atoms with Crippen molar-refractivity contribution in [1.82, 2.24) is 24.7 Å². The molecule has 4 rings (SSSR count). The van der Waals surface area contributed by atoms with E-state index in [0.29, 0.717) is 0 Å². The molecule has 2 aliphatic heterocycles. The van der Waals surface area contributed by atoms with E-state index in [4.69, 9.17) is 0 Å². The first kappa shape index (κ1) is 20.6. The number of aryl methyl sites for hydroxylation is 1. The number of anilines is 3. The lowest BCUT2D eigenvalue weighted by molar-refractivity contribution is 0.0664. The van der Waals surface area contributed by atoms with Gasteiger partial charge in [0.25, 0.3) is 5.91 Å². The second-order valence-corrected chi connectivity index (χ2v) is 8.25. The van der Waals surface area contributed by atoms with Gasteiger partial charge in [0, 0.05) is 69.7 Å². The third kappa shape index (κ3) is 4.88. The fourth-order valence-corrected chi connectivity index (χ4v) is 3.85. The average molecular weight is 410 g/mol. The maximum Gasteiger partial charge on any atom is 0.253 e. The van der Waals surface area contributed by atoms with Gasteiger partial charge < -0.3 is 24.9 Å². The van der Waals surface area contributed by atoms with E-state index in [-0.39, 0.29) is 5.91 Å². The first-order chi connectivity index (χ1) is 14.5. The normalized spacial score (nSPS) is 18.5. The molecule has 2 fully saturated rings. The number of carbonyl (C=O) groups is 1. The summed E-state index contributed by atoms with van der Waals surface area (Å²) in [7, 11) is 4.24. The summed E-state index contributed by atoms with van der Waals surface area (Å²) in [6.45, 7) is 9.34. The predicted molar refractivity (Wildman–Crippen MR) is 120 cm³/mol. The van der Waals surface area contributed by atoms with Crippen molar-refractivity contribution in [3.8, 4) is 0 Å². The van der Waals surface area contributed by atoms with Crippen molar-refractivity contribution in [2.45, 2.75) is 6.92 Å². The van der Waals surface area contributed by atoms with Crippen LogP contribution in [0.15, 0.2) is 30.3 Å². The molecule has 2 aromatic rings. The predicted octanol–water partition coefficient (Wildman–Crippen LogP) is 1.67. The van der Waals surface area contributed by atoms with Gasteiger partial charge >= 0.3 is 0 Å². The molecule has 3 heterocycles. The van der Waals surface area contributed by atoms with E-state index < -0.39 is 0 Å². The van der Waals surface area contributed by atoms with Crippen molar-refractivity contribution in [3.05, 3.63) is 41.7 Å². The summed E-state index contributed by atoms with van der Waals surface area (Å²) >= 11 is 0. The zero-order valence-corrected chi connectivity index (χ0v) is 18.1. The van der Waals surface area contributed by atoms with Gasteiger partial charge in [-0.1, -0.05) is 0 Å². The smallest absolute Gasteiger partial charge is 0.253 e. The van der Waals surface area contributed by atoms with Crippen LogP contribution >= 0.6 is 0 Å². The van der Waals surface area contributed by atoms with E-state index in [1.54, 1.807) is 0 Å². The van der Waals surface area contributed by atoms with Crippen molar-refractivity contribution in [3.63, 3.8) is 0 Å². The second-order valence-electron chi connectivity index (χ2n) is 8.25. The molecule has 8 heteroatoms. The molecule has 1 amide bonds. The van der Waals surface area contributed by atoms with Crippen LogP contribution in [-0.2, 0) is 0 Å². The Balaban J connectivity index is 1.42. The summed E-state index contributed by atoms with van der Waals surface area (Å²) in [6, 6.07) is 9.66.